The summed E-state index contributed by atoms with van der Waals surface area (Å²) in [6.45, 7) is 4.18. The van der Waals surface area contributed by atoms with Gasteiger partial charge in [0.15, 0.2) is 0 Å². The molecule has 1 aromatic heterocycles. The van der Waals surface area contributed by atoms with Crippen molar-refractivity contribution in [2.75, 3.05) is 26.2 Å². The molecule has 5 heteroatoms. The maximum atomic E-state index is 13.2. The van der Waals surface area contributed by atoms with E-state index in [1.165, 1.54) is 17.7 Å². The van der Waals surface area contributed by atoms with Gasteiger partial charge in [0.25, 0.3) is 0 Å². The van der Waals surface area contributed by atoms with Crippen LogP contribution in [0.25, 0.3) is 0 Å². The van der Waals surface area contributed by atoms with E-state index in [-0.39, 0.29) is 11.7 Å². The molecule has 1 fully saturated rings. The first-order valence-electron chi connectivity index (χ1n) is 8.34. The van der Waals surface area contributed by atoms with Gasteiger partial charge in [-0.2, -0.15) is 0 Å². The van der Waals surface area contributed by atoms with Crippen LogP contribution in [-0.4, -0.2) is 46.9 Å². The zero-order valence-corrected chi connectivity index (χ0v) is 13.7. The molecule has 0 spiro atoms. The van der Waals surface area contributed by atoms with Gasteiger partial charge >= 0.3 is 0 Å². The summed E-state index contributed by atoms with van der Waals surface area (Å²) in [5.41, 5.74) is 2.12. The average molecular weight is 327 g/mol. The number of carbonyl (C=O) groups is 1. The molecular formula is C19H22FN3O. The summed E-state index contributed by atoms with van der Waals surface area (Å²) >= 11 is 0. The highest BCUT2D eigenvalue weighted by Gasteiger charge is 2.20. The van der Waals surface area contributed by atoms with Gasteiger partial charge < -0.3 is 4.90 Å². The van der Waals surface area contributed by atoms with Crippen molar-refractivity contribution in [1.29, 1.82) is 0 Å². The van der Waals surface area contributed by atoms with Crippen molar-refractivity contribution in [1.82, 2.24) is 14.8 Å². The zero-order valence-electron chi connectivity index (χ0n) is 13.7. The number of aromatic nitrogens is 1. The minimum Gasteiger partial charge on any atom is -0.340 e. The first kappa shape index (κ1) is 16.6. The number of halogens is 1. The second-order valence-electron chi connectivity index (χ2n) is 6.14. The second-order valence-corrected chi connectivity index (χ2v) is 6.14. The summed E-state index contributed by atoms with van der Waals surface area (Å²) in [6, 6.07) is 10.5. The molecule has 2 heterocycles. The van der Waals surface area contributed by atoms with Crippen LogP contribution in [0.2, 0.25) is 0 Å². The molecule has 0 atom stereocenters. The van der Waals surface area contributed by atoms with Crippen LogP contribution in [0.3, 0.4) is 0 Å². The Hall–Kier alpha value is -2.27. The van der Waals surface area contributed by atoms with Crippen molar-refractivity contribution in [3.8, 4) is 0 Å². The molecule has 0 bridgehead atoms. The molecular weight excluding hydrogens is 305 g/mol. The van der Waals surface area contributed by atoms with Gasteiger partial charge in [0, 0.05) is 51.5 Å². The van der Waals surface area contributed by atoms with Crippen molar-refractivity contribution in [2.24, 2.45) is 0 Å². The molecule has 0 radical (unpaired) electrons. The quantitative estimate of drug-likeness (QED) is 0.847. The molecule has 1 amide bonds. The van der Waals surface area contributed by atoms with Crippen molar-refractivity contribution < 1.29 is 9.18 Å². The van der Waals surface area contributed by atoms with E-state index in [4.69, 9.17) is 0 Å². The number of carbonyl (C=O) groups excluding carboxylic acids is 1. The van der Waals surface area contributed by atoms with Crippen LogP contribution >= 0.6 is 0 Å². The first-order chi connectivity index (χ1) is 11.7. The van der Waals surface area contributed by atoms with Crippen molar-refractivity contribution in [3.63, 3.8) is 0 Å². The van der Waals surface area contributed by atoms with Crippen molar-refractivity contribution >= 4 is 5.91 Å². The van der Waals surface area contributed by atoms with E-state index >= 15 is 0 Å². The summed E-state index contributed by atoms with van der Waals surface area (Å²) in [7, 11) is 0. The minimum atomic E-state index is -0.246. The standard InChI is InChI=1S/C19H22FN3O/c20-18-3-1-2-16(14-18)4-5-19(24)23-12-10-22(11-13-23)15-17-6-8-21-9-7-17/h1-3,6-9,14H,4-5,10-13,15H2. The van der Waals surface area contributed by atoms with E-state index in [9.17, 15) is 9.18 Å². The molecule has 2 aromatic rings. The fraction of sp³-hybridized carbons (Fsp3) is 0.368. The van der Waals surface area contributed by atoms with Gasteiger partial charge in [-0.1, -0.05) is 12.1 Å². The predicted molar refractivity (Wildman–Crippen MR) is 90.8 cm³/mol. The third kappa shape index (κ3) is 4.61. The van der Waals surface area contributed by atoms with Crippen LogP contribution in [0, 0.1) is 5.82 Å². The van der Waals surface area contributed by atoms with E-state index in [1.54, 1.807) is 6.07 Å². The summed E-state index contributed by atoms with van der Waals surface area (Å²) in [5.74, 6) is -0.0903. The number of hydrogen-bond donors (Lipinski definition) is 0. The topological polar surface area (TPSA) is 36.4 Å². The highest BCUT2D eigenvalue weighted by atomic mass is 19.1. The zero-order chi connectivity index (χ0) is 16.8. The normalized spacial score (nSPS) is 15.5. The minimum absolute atomic E-state index is 0.155. The monoisotopic (exact) mass is 327 g/mol. The third-order valence-electron chi connectivity index (χ3n) is 4.40. The van der Waals surface area contributed by atoms with E-state index in [0.29, 0.717) is 12.8 Å². The maximum absolute atomic E-state index is 13.2. The molecule has 0 N–H and O–H groups in total. The molecule has 1 aromatic carbocycles. The van der Waals surface area contributed by atoms with Gasteiger partial charge in [-0.15, -0.1) is 0 Å². The number of rotatable bonds is 5. The van der Waals surface area contributed by atoms with Crippen LogP contribution in [-0.2, 0) is 17.8 Å². The van der Waals surface area contributed by atoms with Crippen LogP contribution in [0.1, 0.15) is 17.5 Å². The lowest BCUT2D eigenvalue weighted by Crippen LogP contribution is -2.48. The fourth-order valence-electron chi connectivity index (χ4n) is 3.00. The van der Waals surface area contributed by atoms with Gasteiger partial charge in [0.05, 0.1) is 0 Å². The van der Waals surface area contributed by atoms with Gasteiger partial charge in [0.1, 0.15) is 5.82 Å². The highest BCUT2D eigenvalue weighted by Crippen LogP contribution is 2.11. The Kier molecular flexibility index (Phi) is 5.54. The average Bonchev–Trinajstić information content (AvgIpc) is 2.61. The van der Waals surface area contributed by atoms with Crippen LogP contribution in [0.15, 0.2) is 48.8 Å². The molecule has 3 rings (SSSR count). The number of amides is 1. The van der Waals surface area contributed by atoms with Crippen molar-refractivity contribution in [3.05, 3.63) is 65.7 Å². The summed E-state index contributed by atoms with van der Waals surface area (Å²) in [4.78, 5) is 20.6. The third-order valence-corrected chi connectivity index (χ3v) is 4.40. The maximum Gasteiger partial charge on any atom is 0.222 e. The Labute approximate surface area is 141 Å². The first-order valence-corrected chi connectivity index (χ1v) is 8.34. The Morgan fingerprint density at radius 1 is 1.04 bits per heavy atom. The molecule has 1 aliphatic heterocycles. The fourth-order valence-corrected chi connectivity index (χ4v) is 3.00. The summed E-state index contributed by atoms with van der Waals surface area (Å²) < 4.78 is 13.2. The lowest BCUT2D eigenvalue weighted by atomic mass is 10.1. The molecule has 24 heavy (non-hydrogen) atoms. The van der Waals surface area contributed by atoms with Crippen LogP contribution < -0.4 is 0 Å². The molecule has 1 aliphatic rings. The van der Waals surface area contributed by atoms with Gasteiger partial charge in [-0.05, 0) is 41.8 Å². The SMILES string of the molecule is O=C(CCc1cccc(F)c1)N1CCN(Cc2ccncc2)CC1. The number of benzene rings is 1. The van der Waals surface area contributed by atoms with Crippen LogP contribution in [0.5, 0.6) is 0 Å². The van der Waals surface area contributed by atoms with Gasteiger partial charge in [-0.3, -0.25) is 14.7 Å². The number of pyridine rings is 1. The van der Waals surface area contributed by atoms with E-state index in [0.717, 1.165) is 38.3 Å². The largest absolute Gasteiger partial charge is 0.340 e. The lowest BCUT2D eigenvalue weighted by Gasteiger charge is -2.34. The Morgan fingerprint density at radius 3 is 2.50 bits per heavy atom. The molecule has 4 nitrogen and oxygen atoms in total. The number of piperazine rings is 1. The molecule has 0 saturated carbocycles. The molecule has 0 unspecified atom stereocenters. The van der Waals surface area contributed by atoms with E-state index in [2.05, 4.69) is 9.88 Å². The summed E-state index contributed by atoms with van der Waals surface area (Å²) in [5, 5.41) is 0. The smallest absolute Gasteiger partial charge is 0.222 e. The van der Waals surface area contributed by atoms with Gasteiger partial charge in [0.2, 0.25) is 5.91 Å². The van der Waals surface area contributed by atoms with E-state index < -0.39 is 0 Å². The van der Waals surface area contributed by atoms with E-state index in [1.807, 2.05) is 35.5 Å². The number of aryl methyl sites for hydroxylation is 1. The molecule has 0 aliphatic carbocycles. The number of hydrogen-bond acceptors (Lipinski definition) is 3. The Balaban J connectivity index is 1.43. The predicted octanol–water partition coefficient (Wildman–Crippen LogP) is 2.50. The van der Waals surface area contributed by atoms with Crippen LogP contribution in [0.4, 0.5) is 4.39 Å². The van der Waals surface area contributed by atoms with Crippen molar-refractivity contribution in [2.45, 2.75) is 19.4 Å². The van der Waals surface area contributed by atoms with Gasteiger partial charge in [-0.25, -0.2) is 4.39 Å². The second kappa shape index (κ2) is 8.02. The molecule has 126 valence electrons. The Morgan fingerprint density at radius 2 is 1.79 bits per heavy atom. The highest BCUT2D eigenvalue weighted by molar-refractivity contribution is 5.76. The Bertz CT molecular complexity index is 669. The molecule has 1 saturated heterocycles. The summed E-state index contributed by atoms with van der Waals surface area (Å²) in [6.07, 6.45) is 4.64. The lowest BCUT2D eigenvalue weighted by molar-refractivity contribution is -0.133. The number of nitrogens with zero attached hydrogens (tertiary/aromatic N) is 3.